The number of fused-ring (bicyclic) bond motifs is 3. The van der Waals surface area contributed by atoms with Crippen molar-refractivity contribution in [3.05, 3.63) is 51.5 Å². The lowest BCUT2D eigenvalue weighted by atomic mass is 9.82. The van der Waals surface area contributed by atoms with Gasteiger partial charge in [0.15, 0.2) is 0 Å². The largest absolute Gasteiger partial charge is 0.374 e. The van der Waals surface area contributed by atoms with Crippen LogP contribution in [0.1, 0.15) is 17.0 Å². The molecular formula is C19H21Cl2N3. The van der Waals surface area contributed by atoms with Crippen molar-refractivity contribution < 1.29 is 0 Å². The van der Waals surface area contributed by atoms with Gasteiger partial charge in [-0.05, 0) is 54.3 Å². The summed E-state index contributed by atoms with van der Waals surface area (Å²) in [4.78, 5) is 2.40. The molecule has 3 nitrogen and oxygen atoms in total. The Kier molecular flexibility index (Phi) is 4.11. The summed E-state index contributed by atoms with van der Waals surface area (Å²) in [6.07, 6.45) is 0. The van der Waals surface area contributed by atoms with Crippen LogP contribution < -0.4 is 15.5 Å². The third-order valence-electron chi connectivity index (χ3n) is 5.17. The Morgan fingerprint density at radius 3 is 2.79 bits per heavy atom. The number of rotatable bonds is 2. The Morgan fingerprint density at radius 2 is 2.00 bits per heavy atom. The van der Waals surface area contributed by atoms with Crippen LogP contribution in [0.5, 0.6) is 0 Å². The van der Waals surface area contributed by atoms with E-state index in [1.807, 2.05) is 12.1 Å². The molecule has 0 aromatic heterocycles. The van der Waals surface area contributed by atoms with Crippen molar-refractivity contribution in [2.45, 2.75) is 12.8 Å². The number of anilines is 3. The van der Waals surface area contributed by atoms with Gasteiger partial charge < -0.3 is 15.5 Å². The van der Waals surface area contributed by atoms with Crippen LogP contribution in [0, 0.1) is 12.8 Å². The van der Waals surface area contributed by atoms with E-state index in [0.717, 1.165) is 31.0 Å². The molecule has 2 aromatic carbocycles. The highest BCUT2D eigenvalue weighted by atomic mass is 35.5. The van der Waals surface area contributed by atoms with E-state index in [9.17, 15) is 0 Å². The van der Waals surface area contributed by atoms with Gasteiger partial charge in [0.25, 0.3) is 0 Å². The van der Waals surface area contributed by atoms with Crippen LogP contribution >= 0.6 is 23.2 Å². The molecule has 2 aliphatic heterocycles. The van der Waals surface area contributed by atoms with Gasteiger partial charge >= 0.3 is 0 Å². The van der Waals surface area contributed by atoms with E-state index >= 15 is 0 Å². The molecule has 0 radical (unpaired) electrons. The molecule has 1 saturated heterocycles. The fourth-order valence-electron chi connectivity index (χ4n) is 4.16. The maximum absolute atomic E-state index is 6.31. The number of hydrogen-bond donors (Lipinski definition) is 2. The SMILES string of the molecule is Cc1cc(Nc2ccc(Cl)cc2Cl)cc2c1N(C)C[C@H]1CNC[C@@H]21. The molecule has 2 aliphatic rings. The van der Waals surface area contributed by atoms with E-state index in [-0.39, 0.29) is 0 Å². The topological polar surface area (TPSA) is 27.3 Å². The van der Waals surface area contributed by atoms with Crippen molar-refractivity contribution in [2.75, 3.05) is 36.9 Å². The molecule has 0 unspecified atom stereocenters. The quantitative estimate of drug-likeness (QED) is 0.804. The number of halogens is 2. The summed E-state index contributed by atoms with van der Waals surface area (Å²) < 4.78 is 0. The summed E-state index contributed by atoms with van der Waals surface area (Å²) in [5.41, 5.74) is 6.08. The van der Waals surface area contributed by atoms with E-state index in [4.69, 9.17) is 23.2 Å². The minimum Gasteiger partial charge on any atom is -0.374 e. The van der Waals surface area contributed by atoms with Crippen LogP contribution in [-0.2, 0) is 0 Å². The van der Waals surface area contributed by atoms with Gasteiger partial charge in [0, 0.05) is 49.0 Å². The fourth-order valence-corrected chi connectivity index (χ4v) is 4.62. The Bertz CT molecular complexity index is 790. The lowest BCUT2D eigenvalue weighted by Crippen LogP contribution is -2.35. The number of nitrogens with zero attached hydrogens (tertiary/aromatic N) is 1. The smallest absolute Gasteiger partial charge is 0.0655 e. The molecular weight excluding hydrogens is 341 g/mol. The van der Waals surface area contributed by atoms with Gasteiger partial charge in [0.05, 0.1) is 10.7 Å². The van der Waals surface area contributed by atoms with Gasteiger partial charge in [-0.15, -0.1) is 0 Å². The van der Waals surface area contributed by atoms with Crippen LogP contribution in [0.25, 0.3) is 0 Å². The van der Waals surface area contributed by atoms with Crippen LogP contribution in [0.15, 0.2) is 30.3 Å². The second-order valence-electron chi connectivity index (χ2n) is 6.89. The normalized spacial score (nSPS) is 22.2. The molecule has 0 saturated carbocycles. The van der Waals surface area contributed by atoms with E-state index < -0.39 is 0 Å². The van der Waals surface area contributed by atoms with Crippen molar-refractivity contribution in [2.24, 2.45) is 5.92 Å². The van der Waals surface area contributed by atoms with Gasteiger partial charge in [-0.2, -0.15) is 0 Å². The van der Waals surface area contributed by atoms with Crippen molar-refractivity contribution in [3.63, 3.8) is 0 Å². The van der Waals surface area contributed by atoms with Crippen molar-refractivity contribution in [1.82, 2.24) is 5.32 Å². The standard InChI is InChI=1S/C19H21Cl2N3/c1-11-5-14(23-18-4-3-13(20)6-17(18)21)7-15-16-9-22-8-12(16)10-24(2)19(11)15/h3-7,12,16,22-23H,8-10H2,1-2H3/t12-,16-/m1/s1. The second kappa shape index (κ2) is 6.14. The summed E-state index contributed by atoms with van der Waals surface area (Å²) in [6.45, 7) is 5.48. The second-order valence-corrected chi connectivity index (χ2v) is 7.73. The molecule has 2 N–H and O–H groups in total. The number of nitrogens with one attached hydrogen (secondary N) is 2. The van der Waals surface area contributed by atoms with Crippen LogP contribution in [0.4, 0.5) is 17.1 Å². The minimum absolute atomic E-state index is 0.595. The first kappa shape index (κ1) is 16.1. The minimum atomic E-state index is 0.595. The lowest BCUT2D eigenvalue weighted by molar-refractivity contribution is 0.496. The zero-order valence-corrected chi connectivity index (χ0v) is 15.4. The van der Waals surface area contributed by atoms with Gasteiger partial charge in [-0.25, -0.2) is 0 Å². The summed E-state index contributed by atoms with van der Waals surface area (Å²) in [5, 5.41) is 8.28. The fraction of sp³-hybridized carbons (Fsp3) is 0.368. The number of aryl methyl sites for hydroxylation is 1. The van der Waals surface area contributed by atoms with Crippen LogP contribution in [0.2, 0.25) is 10.0 Å². The van der Waals surface area contributed by atoms with Crippen molar-refractivity contribution in [1.29, 1.82) is 0 Å². The maximum atomic E-state index is 6.31. The van der Waals surface area contributed by atoms with Crippen molar-refractivity contribution in [3.8, 4) is 0 Å². The molecule has 0 spiro atoms. The Balaban J connectivity index is 1.73. The number of hydrogen-bond acceptors (Lipinski definition) is 3. The molecule has 0 bridgehead atoms. The Labute approximate surface area is 152 Å². The zero-order chi connectivity index (χ0) is 16.8. The molecule has 126 valence electrons. The van der Waals surface area contributed by atoms with Gasteiger partial charge in [0.2, 0.25) is 0 Å². The molecule has 4 rings (SSSR count). The third kappa shape index (κ3) is 2.75. The first-order valence-electron chi connectivity index (χ1n) is 8.31. The molecule has 2 atom stereocenters. The summed E-state index contributed by atoms with van der Waals surface area (Å²) in [5.74, 6) is 1.29. The number of benzene rings is 2. The van der Waals surface area contributed by atoms with E-state index in [1.54, 1.807) is 6.07 Å². The monoisotopic (exact) mass is 361 g/mol. The van der Waals surface area contributed by atoms with E-state index in [0.29, 0.717) is 21.9 Å². The average Bonchev–Trinajstić information content (AvgIpc) is 2.98. The third-order valence-corrected chi connectivity index (χ3v) is 5.72. The first-order chi connectivity index (χ1) is 11.5. The maximum Gasteiger partial charge on any atom is 0.0655 e. The lowest BCUT2D eigenvalue weighted by Gasteiger charge is -2.37. The van der Waals surface area contributed by atoms with Gasteiger partial charge in [-0.1, -0.05) is 23.2 Å². The Morgan fingerprint density at radius 1 is 1.17 bits per heavy atom. The first-order valence-corrected chi connectivity index (χ1v) is 9.07. The van der Waals surface area contributed by atoms with Crippen LogP contribution in [-0.4, -0.2) is 26.7 Å². The highest BCUT2D eigenvalue weighted by Crippen LogP contribution is 2.43. The highest BCUT2D eigenvalue weighted by molar-refractivity contribution is 6.36. The molecule has 0 amide bonds. The Hall–Kier alpha value is -1.42. The predicted molar refractivity (Wildman–Crippen MR) is 103 cm³/mol. The van der Waals surface area contributed by atoms with E-state index in [1.165, 1.54) is 16.8 Å². The highest BCUT2D eigenvalue weighted by Gasteiger charge is 2.36. The van der Waals surface area contributed by atoms with E-state index in [2.05, 4.69) is 41.6 Å². The zero-order valence-electron chi connectivity index (χ0n) is 13.9. The molecule has 1 fully saturated rings. The van der Waals surface area contributed by atoms with Crippen molar-refractivity contribution >= 4 is 40.3 Å². The molecule has 2 aromatic rings. The van der Waals surface area contributed by atoms with Crippen LogP contribution in [0.3, 0.4) is 0 Å². The summed E-state index contributed by atoms with van der Waals surface area (Å²) in [6, 6.07) is 10.0. The van der Waals surface area contributed by atoms with Gasteiger partial charge in [0.1, 0.15) is 0 Å². The molecule has 2 heterocycles. The molecule has 24 heavy (non-hydrogen) atoms. The summed E-state index contributed by atoms with van der Waals surface area (Å²) >= 11 is 12.3. The van der Waals surface area contributed by atoms with Gasteiger partial charge in [-0.3, -0.25) is 0 Å². The average molecular weight is 362 g/mol. The molecule has 0 aliphatic carbocycles. The molecule has 5 heteroatoms. The summed E-state index contributed by atoms with van der Waals surface area (Å²) in [7, 11) is 2.20. The predicted octanol–water partition coefficient (Wildman–Crippen LogP) is 4.80.